The molecule has 4 heteroatoms. The van der Waals surface area contributed by atoms with Crippen LogP contribution in [0.5, 0.6) is 0 Å². The highest BCUT2D eigenvalue weighted by atomic mass is 16.4. The van der Waals surface area contributed by atoms with E-state index < -0.39 is 5.97 Å². The molecule has 2 unspecified atom stereocenters. The van der Waals surface area contributed by atoms with Gasteiger partial charge in [-0.2, -0.15) is 0 Å². The van der Waals surface area contributed by atoms with Crippen LogP contribution in [0.25, 0.3) is 0 Å². The molecule has 1 aromatic carbocycles. The van der Waals surface area contributed by atoms with Gasteiger partial charge in [0.25, 0.3) is 0 Å². The molecule has 2 aromatic rings. The number of nitrogens with one attached hydrogen (secondary N) is 1. The molecule has 1 aliphatic rings. The summed E-state index contributed by atoms with van der Waals surface area (Å²) >= 11 is 0. The number of aromatic carboxylic acids is 1. The molecule has 2 atom stereocenters. The maximum atomic E-state index is 10.9. The van der Waals surface area contributed by atoms with Gasteiger partial charge >= 0.3 is 5.97 Å². The number of hydrogen-bond donors (Lipinski definition) is 2. The molecule has 1 heterocycles. The Hall–Kier alpha value is -2.36. The number of anilines is 1. The first-order chi connectivity index (χ1) is 9.65. The van der Waals surface area contributed by atoms with Crippen LogP contribution in [0.15, 0.2) is 42.5 Å². The topological polar surface area (TPSA) is 62.2 Å². The maximum Gasteiger partial charge on any atom is 0.337 e. The fraction of sp³-hybridized carbons (Fsp3) is 0.250. The van der Waals surface area contributed by atoms with Gasteiger partial charge in [-0.15, -0.1) is 0 Å². The number of aromatic nitrogens is 1. The van der Waals surface area contributed by atoms with E-state index in [4.69, 9.17) is 5.11 Å². The van der Waals surface area contributed by atoms with Gasteiger partial charge in [-0.3, -0.25) is 0 Å². The van der Waals surface area contributed by atoms with Crippen molar-refractivity contribution in [3.8, 4) is 0 Å². The van der Waals surface area contributed by atoms with Gasteiger partial charge < -0.3 is 10.4 Å². The van der Waals surface area contributed by atoms with E-state index in [1.807, 2.05) is 6.07 Å². The van der Waals surface area contributed by atoms with Crippen molar-refractivity contribution < 1.29 is 9.90 Å². The average molecular weight is 268 g/mol. The molecule has 1 fully saturated rings. The van der Waals surface area contributed by atoms with Crippen molar-refractivity contribution in [3.05, 3.63) is 59.3 Å². The number of pyridine rings is 1. The minimum atomic E-state index is -0.935. The lowest BCUT2D eigenvalue weighted by Crippen LogP contribution is -2.08. The molecule has 0 radical (unpaired) electrons. The van der Waals surface area contributed by atoms with Crippen molar-refractivity contribution in [2.45, 2.75) is 25.3 Å². The van der Waals surface area contributed by atoms with Crippen LogP contribution in [0, 0.1) is 6.92 Å². The molecule has 2 N–H and O–H groups in total. The average Bonchev–Trinajstić information content (AvgIpc) is 3.18. The van der Waals surface area contributed by atoms with Gasteiger partial charge in [0.2, 0.25) is 0 Å². The summed E-state index contributed by atoms with van der Waals surface area (Å²) in [5.74, 6) is 0.337. The van der Waals surface area contributed by atoms with Gasteiger partial charge in [-0.1, -0.05) is 30.3 Å². The highest BCUT2D eigenvalue weighted by Gasteiger charge is 2.38. The minimum Gasteiger partial charge on any atom is -0.478 e. The number of aryl methyl sites for hydroxylation is 1. The highest BCUT2D eigenvalue weighted by Crippen LogP contribution is 2.42. The second kappa shape index (κ2) is 4.96. The largest absolute Gasteiger partial charge is 0.478 e. The second-order valence-electron chi connectivity index (χ2n) is 5.14. The summed E-state index contributed by atoms with van der Waals surface area (Å²) in [6.45, 7) is 1.72. The first-order valence-corrected chi connectivity index (χ1v) is 6.67. The van der Waals surface area contributed by atoms with Crippen LogP contribution in [-0.4, -0.2) is 22.1 Å². The second-order valence-corrected chi connectivity index (χ2v) is 5.14. The van der Waals surface area contributed by atoms with Crippen molar-refractivity contribution >= 4 is 11.8 Å². The Bertz CT molecular complexity index is 640. The van der Waals surface area contributed by atoms with E-state index in [9.17, 15) is 4.79 Å². The number of hydrogen-bond acceptors (Lipinski definition) is 3. The number of benzene rings is 1. The molecule has 0 bridgehead atoms. The van der Waals surface area contributed by atoms with Gasteiger partial charge in [0.05, 0.1) is 11.3 Å². The lowest BCUT2D eigenvalue weighted by Gasteiger charge is -2.07. The number of rotatable bonds is 4. The van der Waals surface area contributed by atoms with Crippen molar-refractivity contribution in [2.24, 2.45) is 0 Å². The van der Waals surface area contributed by atoms with Crippen LogP contribution < -0.4 is 5.32 Å². The Morgan fingerprint density at radius 3 is 2.65 bits per heavy atom. The van der Waals surface area contributed by atoms with Gasteiger partial charge in [-0.25, -0.2) is 9.78 Å². The number of carboxylic acids is 1. The fourth-order valence-electron chi connectivity index (χ4n) is 2.48. The van der Waals surface area contributed by atoms with Crippen LogP contribution >= 0.6 is 0 Å². The van der Waals surface area contributed by atoms with Gasteiger partial charge in [0.1, 0.15) is 5.82 Å². The van der Waals surface area contributed by atoms with Crippen LogP contribution in [-0.2, 0) is 0 Å². The van der Waals surface area contributed by atoms with E-state index in [1.165, 1.54) is 5.56 Å². The molecule has 0 aliphatic heterocycles. The van der Waals surface area contributed by atoms with E-state index in [2.05, 4.69) is 34.6 Å². The van der Waals surface area contributed by atoms with Crippen molar-refractivity contribution in [1.82, 2.24) is 4.98 Å². The van der Waals surface area contributed by atoms with Gasteiger partial charge in [0.15, 0.2) is 0 Å². The molecular weight excluding hydrogens is 252 g/mol. The number of carboxylic acid groups (broad SMARTS) is 1. The molecule has 1 saturated carbocycles. The van der Waals surface area contributed by atoms with E-state index in [0.29, 0.717) is 17.7 Å². The highest BCUT2D eigenvalue weighted by molar-refractivity contribution is 5.89. The lowest BCUT2D eigenvalue weighted by atomic mass is 10.1. The van der Waals surface area contributed by atoms with E-state index in [-0.39, 0.29) is 5.56 Å². The molecule has 3 rings (SSSR count). The van der Waals surface area contributed by atoms with Crippen molar-refractivity contribution in [1.29, 1.82) is 0 Å². The molecular formula is C16H16N2O2. The summed E-state index contributed by atoms with van der Waals surface area (Å²) in [5, 5.41) is 12.3. The summed E-state index contributed by atoms with van der Waals surface area (Å²) in [6, 6.07) is 14.1. The van der Waals surface area contributed by atoms with Gasteiger partial charge in [-0.05, 0) is 31.0 Å². The SMILES string of the molecule is Cc1nc(NC2CC2c2ccccc2)ccc1C(=O)O. The Balaban J connectivity index is 1.68. The van der Waals surface area contributed by atoms with Crippen LogP contribution in [0.3, 0.4) is 0 Å². The molecule has 102 valence electrons. The monoisotopic (exact) mass is 268 g/mol. The zero-order chi connectivity index (χ0) is 14.1. The smallest absolute Gasteiger partial charge is 0.337 e. The predicted octanol–water partition coefficient (Wildman–Crippen LogP) is 3.06. The van der Waals surface area contributed by atoms with E-state index in [0.717, 1.165) is 12.2 Å². The Morgan fingerprint density at radius 2 is 2.00 bits per heavy atom. The van der Waals surface area contributed by atoms with E-state index >= 15 is 0 Å². The summed E-state index contributed by atoms with van der Waals surface area (Å²) in [6.07, 6.45) is 1.09. The number of carbonyl (C=O) groups is 1. The zero-order valence-corrected chi connectivity index (χ0v) is 11.2. The Labute approximate surface area is 117 Å². The van der Waals surface area contributed by atoms with Crippen LogP contribution in [0.1, 0.15) is 34.0 Å². The van der Waals surface area contributed by atoms with Crippen LogP contribution in [0.2, 0.25) is 0 Å². The minimum absolute atomic E-state index is 0.256. The first kappa shape index (κ1) is 12.7. The normalized spacial score (nSPS) is 20.4. The quantitative estimate of drug-likeness (QED) is 0.894. The summed E-state index contributed by atoms with van der Waals surface area (Å²) in [5.41, 5.74) is 2.13. The third-order valence-corrected chi connectivity index (χ3v) is 3.67. The summed E-state index contributed by atoms with van der Waals surface area (Å²) < 4.78 is 0. The van der Waals surface area contributed by atoms with Crippen molar-refractivity contribution in [2.75, 3.05) is 5.32 Å². The molecule has 0 spiro atoms. The standard InChI is InChI=1S/C16H16N2O2/c1-10-12(16(19)20)7-8-15(17-10)18-14-9-13(14)11-5-3-2-4-6-11/h2-8,13-14H,9H2,1H3,(H,17,18)(H,19,20). The van der Waals surface area contributed by atoms with Crippen LogP contribution in [0.4, 0.5) is 5.82 Å². The third kappa shape index (κ3) is 2.50. The fourth-order valence-corrected chi connectivity index (χ4v) is 2.48. The summed E-state index contributed by atoms with van der Waals surface area (Å²) in [7, 11) is 0. The van der Waals surface area contributed by atoms with E-state index in [1.54, 1.807) is 19.1 Å². The Morgan fingerprint density at radius 1 is 1.25 bits per heavy atom. The molecule has 4 nitrogen and oxygen atoms in total. The Kier molecular flexibility index (Phi) is 3.14. The first-order valence-electron chi connectivity index (χ1n) is 6.67. The third-order valence-electron chi connectivity index (χ3n) is 3.67. The summed E-state index contributed by atoms with van der Waals surface area (Å²) in [4.78, 5) is 15.3. The number of nitrogens with zero attached hydrogens (tertiary/aromatic N) is 1. The molecule has 0 amide bonds. The zero-order valence-electron chi connectivity index (χ0n) is 11.2. The molecule has 1 aliphatic carbocycles. The molecule has 1 aromatic heterocycles. The van der Waals surface area contributed by atoms with Gasteiger partial charge in [0, 0.05) is 12.0 Å². The molecule has 20 heavy (non-hydrogen) atoms. The predicted molar refractivity (Wildman–Crippen MR) is 77.1 cm³/mol. The maximum absolute atomic E-state index is 10.9. The van der Waals surface area contributed by atoms with Crippen molar-refractivity contribution in [3.63, 3.8) is 0 Å². The molecule has 0 saturated heterocycles. The lowest BCUT2D eigenvalue weighted by molar-refractivity contribution is 0.0695.